The molecule has 0 radical (unpaired) electrons. The van der Waals surface area contributed by atoms with Gasteiger partial charge in [-0.2, -0.15) is 0 Å². The van der Waals surface area contributed by atoms with Crippen molar-refractivity contribution in [3.05, 3.63) is 187 Å². The topological polar surface area (TPSA) is 346 Å². The van der Waals surface area contributed by atoms with Crippen LogP contribution in [-0.2, 0) is 24.0 Å². The first kappa shape index (κ1) is 79.3. The Morgan fingerprint density at radius 2 is 0.678 bits per heavy atom. The van der Waals surface area contributed by atoms with Crippen LogP contribution in [0, 0.1) is 23.3 Å². The Hall–Kier alpha value is -12.6. The number of hydrogen-bond donors (Lipinski definition) is 3. The zero-order valence-corrected chi connectivity index (χ0v) is 66.7. The lowest BCUT2D eigenvalue weighted by atomic mass is 10.1. The van der Waals surface area contributed by atoms with Gasteiger partial charge in [-0.3, -0.25) is 29.4 Å². The fourth-order valence-corrected chi connectivity index (χ4v) is 18.1. The number of ether oxygens (including phenoxy) is 4. The molecule has 38 heteroatoms. The van der Waals surface area contributed by atoms with Gasteiger partial charge in [-0.05, 0) is 144 Å². The van der Waals surface area contributed by atoms with E-state index in [1.54, 1.807) is 109 Å². The average molecular weight is 1680 g/mol. The lowest BCUT2D eigenvalue weighted by molar-refractivity contribution is 0.122. The van der Waals surface area contributed by atoms with E-state index in [-0.39, 0.29) is 65.0 Å². The average Bonchev–Trinajstić information content (AvgIpc) is 1.62. The number of nitrogen functional groups attached to an aromatic ring is 3. The summed E-state index contributed by atoms with van der Waals surface area (Å²) in [6.45, 7) is 9.84. The number of anilines is 12. The third-order valence-electron chi connectivity index (χ3n) is 20.1. The van der Waals surface area contributed by atoms with Gasteiger partial charge in [0, 0.05) is 120 Å². The van der Waals surface area contributed by atoms with E-state index in [2.05, 4.69) is 44.6 Å². The van der Waals surface area contributed by atoms with E-state index in [1.807, 2.05) is 12.1 Å². The molecule has 30 nitrogen and oxygen atoms in total. The van der Waals surface area contributed by atoms with E-state index in [9.17, 15) is 27.2 Å². The maximum atomic E-state index is 15.2. The van der Waals surface area contributed by atoms with Crippen molar-refractivity contribution >= 4 is 129 Å². The number of methoxy groups -OCH3 is 1. The first-order valence-corrected chi connectivity index (χ1v) is 41.7. The van der Waals surface area contributed by atoms with Crippen molar-refractivity contribution in [2.75, 3.05) is 193 Å². The molecule has 18 rings (SSSR count). The number of carbonyl (C=O) groups is 3. The minimum Gasteiger partial charge on any atom is -0.497 e. The SMILES string of the molecule is COc1ccc(N2CCN(c3cc(-c4sc(N5CCOCC5)nc4-c4ccnc(N)n4)ccc3F)C2=O)cc1.CS(=O)(=O)c1ccc(N2CCN(c3cc(-c4sc(N5CCOCC5)nc4-c4ccnc(N)n4)ccc3F)C2=O)cc1.Nc1nccc(-c2nc(N3CCOCC3)sc2-c2ccc(F)c(N3CCN(c4ccc(F)cc4)C3=O)c2)n1. The molecule has 6 aromatic carbocycles. The summed E-state index contributed by atoms with van der Waals surface area (Å²) >= 11 is 4.40. The van der Waals surface area contributed by atoms with Gasteiger partial charge in [0.25, 0.3) is 0 Å². The molecular formula is C80H75F4N21O9S4. The third-order valence-corrected chi connectivity index (χ3v) is 24.7. The van der Waals surface area contributed by atoms with Crippen LogP contribution in [0.25, 0.3) is 65.5 Å². The predicted octanol–water partition coefficient (Wildman–Crippen LogP) is 12.4. The molecule has 6 amide bonds. The zero-order chi connectivity index (χ0) is 81.9. The second kappa shape index (κ2) is 34.3. The highest BCUT2D eigenvalue weighted by Gasteiger charge is 2.37. The number of sulfone groups is 1. The summed E-state index contributed by atoms with van der Waals surface area (Å²) in [6.07, 6.45) is 5.84. The number of nitrogens with zero attached hydrogens (tertiary/aromatic N) is 18. The van der Waals surface area contributed by atoms with Gasteiger partial charge in [0.15, 0.2) is 25.2 Å². The van der Waals surface area contributed by atoms with Gasteiger partial charge >= 0.3 is 18.1 Å². The lowest BCUT2D eigenvalue weighted by Crippen LogP contribution is -2.36. The molecule has 118 heavy (non-hydrogen) atoms. The molecule has 0 unspecified atom stereocenters. The second-order valence-corrected chi connectivity index (χ2v) is 32.4. The quantitative estimate of drug-likeness (QED) is 0.0713. The first-order valence-electron chi connectivity index (χ1n) is 37.3. The summed E-state index contributed by atoms with van der Waals surface area (Å²) in [7, 11) is -1.78. The zero-order valence-electron chi connectivity index (χ0n) is 63.4. The number of morpholine rings is 3. The van der Waals surface area contributed by atoms with Crippen molar-refractivity contribution in [1.82, 2.24) is 44.9 Å². The Labute approximate surface area is 685 Å². The highest BCUT2D eigenvalue weighted by atomic mass is 32.2. The van der Waals surface area contributed by atoms with Crippen LogP contribution in [0.5, 0.6) is 5.75 Å². The van der Waals surface area contributed by atoms with Gasteiger partial charge in [-0.1, -0.05) is 52.2 Å². The van der Waals surface area contributed by atoms with Crippen LogP contribution in [0.3, 0.4) is 0 Å². The van der Waals surface area contributed by atoms with E-state index < -0.39 is 39.1 Å². The Kier molecular flexibility index (Phi) is 23.0. The molecule has 0 spiro atoms. The number of nitrogens with two attached hydrogens (primary N) is 3. The second-order valence-electron chi connectivity index (χ2n) is 27.4. The van der Waals surface area contributed by atoms with Crippen LogP contribution in [-0.4, -0.2) is 203 Å². The molecule has 6 saturated heterocycles. The smallest absolute Gasteiger partial charge is 0.329 e. The third kappa shape index (κ3) is 16.9. The van der Waals surface area contributed by atoms with E-state index >= 15 is 13.2 Å². The Bertz CT molecular complexity index is 5840. The number of rotatable bonds is 17. The monoisotopic (exact) mass is 1680 g/mol. The van der Waals surface area contributed by atoms with Gasteiger partial charge < -0.3 is 50.8 Å². The van der Waals surface area contributed by atoms with Crippen molar-refractivity contribution in [3.8, 4) is 71.2 Å². The number of hydrogen-bond acceptors (Lipinski definition) is 27. The molecule has 606 valence electrons. The number of thiazole rings is 3. The number of urea groups is 3. The summed E-state index contributed by atoms with van der Waals surface area (Å²) < 4.78 is 104. The normalized spacial score (nSPS) is 15.9. The van der Waals surface area contributed by atoms with Gasteiger partial charge in [0.05, 0.1) is 100 Å². The fraction of sp³-hybridized carbons (Fsp3) is 0.250. The van der Waals surface area contributed by atoms with E-state index in [0.29, 0.717) is 154 Å². The summed E-state index contributed by atoms with van der Waals surface area (Å²) in [5, 5.41) is 2.39. The molecule has 12 heterocycles. The van der Waals surface area contributed by atoms with E-state index in [1.165, 1.54) is 113 Å². The maximum Gasteiger partial charge on any atom is 0.329 e. The molecule has 12 aromatic rings. The molecule has 6 fully saturated rings. The minimum atomic E-state index is -3.37. The Balaban J connectivity index is 0.000000132. The first-order chi connectivity index (χ1) is 57.2. The van der Waals surface area contributed by atoms with E-state index in [0.717, 1.165) is 60.6 Å². The van der Waals surface area contributed by atoms with Crippen molar-refractivity contribution in [2.45, 2.75) is 4.90 Å². The number of halogens is 4. The molecular weight excluding hydrogens is 1600 g/mol. The summed E-state index contributed by atoms with van der Waals surface area (Å²) in [4.78, 5) is 97.6. The lowest BCUT2D eigenvalue weighted by Gasteiger charge is -2.26. The Morgan fingerprint density at radius 3 is 0.975 bits per heavy atom. The number of carbonyl (C=O) groups excluding carboxylic acids is 3. The molecule has 6 aliphatic rings. The van der Waals surface area contributed by atoms with Crippen LogP contribution in [0.2, 0.25) is 0 Å². The molecule has 0 saturated carbocycles. The molecule has 0 aliphatic carbocycles. The van der Waals surface area contributed by atoms with Crippen molar-refractivity contribution in [1.29, 1.82) is 0 Å². The maximum absolute atomic E-state index is 15.2. The van der Waals surface area contributed by atoms with Crippen LogP contribution >= 0.6 is 34.0 Å². The molecule has 6 N–H and O–H groups in total. The van der Waals surface area contributed by atoms with Crippen molar-refractivity contribution in [2.24, 2.45) is 0 Å². The largest absolute Gasteiger partial charge is 0.497 e. The highest BCUT2D eigenvalue weighted by molar-refractivity contribution is 7.90. The van der Waals surface area contributed by atoms with Crippen molar-refractivity contribution in [3.63, 3.8) is 0 Å². The standard InChI is InChI=1S/C27H26FN7O4S2.C27H26FN7O3S.C26H23F2N7O2S/c1-41(37,38)19-5-3-18(4-6-19)34-10-11-35(27(34)36)22-16-17(2-7-20(22)28)24-23(21-8-9-30-25(29)31-21)32-26(40-24)33-12-14-39-15-13-33;1-37-19-5-3-18(4-6-19)34-10-11-35(27(34)36)22-16-17(2-7-20(22)28)24-23(21-8-9-30-25(29)31-21)32-26(39-24)33-12-14-38-15-13-33;27-17-2-4-18(5-3-17)34-9-10-35(26(34)36)21-15-16(1-6-19(21)28)23-22(20-7-8-30-24(29)31-20)32-25(38-23)33-11-13-37-14-12-33/h2-9,16H,10-15H2,1H3,(H2,29,30,31);2-9,16H,10-15H2,1H3,(H2,29,30,31);1-8,15H,9-14H2,(H2,29,30,31). The number of amides is 6. The van der Waals surface area contributed by atoms with E-state index in [4.69, 9.17) is 51.1 Å². The van der Waals surface area contributed by atoms with Gasteiger partial charge in [0.1, 0.15) is 46.1 Å². The van der Waals surface area contributed by atoms with Crippen molar-refractivity contribution < 1.29 is 59.3 Å². The Morgan fingerprint density at radius 1 is 0.381 bits per heavy atom. The predicted molar refractivity (Wildman–Crippen MR) is 447 cm³/mol. The number of aromatic nitrogens is 9. The number of benzene rings is 6. The van der Waals surface area contributed by atoms with Crippen LogP contribution in [0.1, 0.15) is 0 Å². The summed E-state index contributed by atoms with van der Waals surface area (Å²) in [6, 6.07) is 37.2. The summed E-state index contributed by atoms with van der Waals surface area (Å²) in [5.74, 6) is -0.855. The molecule has 6 aromatic heterocycles. The fourth-order valence-electron chi connectivity index (χ4n) is 14.1. The van der Waals surface area contributed by atoms with Gasteiger partial charge in [-0.15, -0.1) is 0 Å². The summed E-state index contributed by atoms with van der Waals surface area (Å²) in [5.41, 5.74) is 25.5. The van der Waals surface area contributed by atoms with Crippen LogP contribution in [0.4, 0.5) is 99.3 Å². The molecule has 6 aliphatic heterocycles. The van der Waals surface area contributed by atoms with Gasteiger partial charge in [-0.25, -0.2) is 85.2 Å². The molecule has 0 atom stereocenters. The highest BCUT2D eigenvalue weighted by Crippen LogP contribution is 2.47. The minimum absolute atomic E-state index is 0.112. The van der Waals surface area contributed by atoms with Crippen LogP contribution < -0.4 is 66.0 Å². The van der Waals surface area contributed by atoms with Gasteiger partial charge in [0.2, 0.25) is 17.8 Å². The molecule has 0 bridgehead atoms. The van der Waals surface area contributed by atoms with Crippen LogP contribution in [0.15, 0.2) is 169 Å².